The number of alkyl halides is 6. The van der Waals surface area contributed by atoms with Gasteiger partial charge in [-0.1, -0.05) is 18.6 Å². The predicted octanol–water partition coefficient (Wildman–Crippen LogP) is 5.64. The van der Waals surface area contributed by atoms with Crippen LogP contribution in [0.3, 0.4) is 0 Å². The first-order chi connectivity index (χ1) is 17.0. The number of nitrogens with zero attached hydrogens (tertiary/aromatic N) is 4. The summed E-state index contributed by atoms with van der Waals surface area (Å²) in [5, 5.41) is 7.38. The molecule has 1 aromatic carbocycles. The maximum atomic E-state index is 13.9. The minimum Gasteiger partial charge on any atom is -0.352 e. The third-order valence-electron chi connectivity index (χ3n) is 5.83. The number of piperidine rings is 1. The molecule has 1 N–H and O–H groups in total. The number of benzene rings is 1. The number of carbonyl (C=O) groups is 1. The summed E-state index contributed by atoms with van der Waals surface area (Å²) >= 11 is 0.774. The highest BCUT2D eigenvalue weighted by Crippen LogP contribution is 2.36. The molecule has 1 saturated heterocycles. The minimum atomic E-state index is -4.92. The molecule has 3 aromatic rings. The van der Waals surface area contributed by atoms with Gasteiger partial charge in [-0.2, -0.15) is 31.4 Å². The number of likely N-dealkylation sites (tertiary alicyclic amines) is 1. The van der Waals surface area contributed by atoms with Gasteiger partial charge in [-0.15, -0.1) is 11.3 Å². The minimum absolute atomic E-state index is 0.0634. The van der Waals surface area contributed by atoms with E-state index in [0.29, 0.717) is 11.1 Å². The Morgan fingerprint density at radius 2 is 1.81 bits per heavy atom. The Morgan fingerprint density at radius 1 is 1.06 bits per heavy atom. The molecule has 2 aromatic heterocycles. The van der Waals surface area contributed by atoms with Crippen molar-refractivity contribution < 1.29 is 31.1 Å². The molecule has 0 saturated carbocycles. The average Bonchev–Trinajstić information content (AvgIpc) is 3.49. The van der Waals surface area contributed by atoms with Gasteiger partial charge < -0.3 is 10.2 Å². The quantitative estimate of drug-likeness (QED) is 0.317. The highest BCUT2D eigenvalue weighted by molar-refractivity contribution is 7.12. The molecule has 1 amide bonds. The number of rotatable bonds is 7. The number of amides is 1. The smallest absolute Gasteiger partial charge is 0.352 e. The SMILES string of the molecule is O=C(NCCCN1CCCCC1)c1cnn(-c2nc(-c3cccc(C(F)(F)F)c3)cs2)c1C(F)(F)F. The Kier molecular flexibility index (Phi) is 7.69. The molecule has 0 aliphatic carbocycles. The molecule has 0 atom stereocenters. The summed E-state index contributed by atoms with van der Waals surface area (Å²) in [4.78, 5) is 18.9. The molecule has 13 heteroatoms. The van der Waals surface area contributed by atoms with E-state index in [2.05, 4.69) is 20.3 Å². The van der Waals surface area contributed by atoms with Crippen LogP contribution < -0.4 is 5.32 Å². The molecule has 0 unspecified atom stereocenters. The summed E-state index contributed by atoms with van der Waals surface area (Å²) in [6.45, 7) is 2.93. The van der Waals surface area contributed by atoms with Crippen molar-refractivity contribution in [3.8, 4) is 16.4 Å². The first-order valence-corrected chi connectivity index (χ1v) is 12.2. The molecule has 6 nitrogen and oxygen atoms in total. The van der Waals surface area contributed by atoms with Gasteiger partial charge in [-0.3, -0.25) is 4.79 Å². The summed E-state index contributed by atoms with van der Waals surface area (Å²) in [5.41, 5.74) is -2.67. The lowest BCUT2D eigenvalue weighted by Crippen LogP contribution is -2.33. The third kappa shape index (κ3) is 6.06. The largest absolute Gasteiger partial charge is 0.434 e. The first kappa shape index (κ1) is 26.1. The number of thiazole rings is 1. The van der Waals surface area contributed by atoms with Crippen LogP contribution in [0.2, 0.25) is 0 Å². The Labute approximate surface area is 206 Å². The van der Waals surface area contributed by atoms with E-state index in [0.717, 1.165) is 62.1 Å². The van der Waals surface area contributed by atoms with Gasteiger partial charge in [0.25, 0.3) is 5.91 Å². The summed E-state index contributed by atoms with van der Waals surface area (Å²) in [6.07, 6.45) is -4.63. The monoisotopic (exact) mass is 531 g/mol. The zero-order valence-corrected chi connectivity index (χ0v) is 19.8. The van der Waals surface area contributed by atoms with E-state index in [-0.39, 0.29) is 22.9 Å². The number of aromatic nitrogens is 3. The fourth-order valence-electron chi connectivity index (χ4n) is 4.06. The first-order valence-electron chi connectivity index (χ1n) is 11.3. The van der Waals surface area contributed by atoms with Crippen LogP contribution in [-0.4, -0.2) is 51.8 Å². The summed E-state index contributed by atoms with van der Waals surface area (Å²) in [7, 11) is 0. The van der Waals surface area contributed by atoms with Crippen LogP contribution in [0.1, 0.15) is 47.3 Å². The van der Waals surface area contributed by atoms with E-state index in [4.69, 9.17) is 0 Å². The third-order valence-corrected chi connectivity index (χ3v) is 6.64. The van der Waals surface area contributed by atoms with Gasteiger partial charge in [0, 0.05) is 17.5 Å². The Bertz CT molecular complexity index is 1200. The Hall–Kier alpha value is -2.93. The lowest BCUT2D eigenvalue weighted by molar-refractivity contribution is -0.143. The molecular weight excluding hydrogens is 508 g/mol. The van der Waals surface area contributed by atoms with Crippen molar-refractivity contribution in [2.45, 2.75) is 38.0 Å². The maximum absolute atomic E-state index is 13.9. The zero-order valence-electron chi connectivity index (χ0n) is 19.0. The highest BCUT2D eigenvalue weighted by atomic mass is 32.1. The van der Waals surface area contributed by atoms with Crippen LogP contribution in [0.15, 0.2) is 35.8 Å². The van der Waals surface area contributed by atoms with Crippen LogP contribution in [0.5, 0.6) is 0 Å². The summed E-state index contributed by atoms with van der Waals surface area (Å²) in [5.74, 6) is -0.901. The van der Waals surface area contributed by atoms with Crippen molar-refractivity contribution in [3.63, 3.8) is 0 Å². The second-order valence-electron chi connectivity index (χ2n) is 8.42. The van der Waals surface area contributed by atoms with Crippen molar-refractivity contribution in [3.05, 3.63) is 52.7 Å². The Morgan fingerprint density at radius 3 is 2.50 bits per heavy atom. The van der Waals surface area contributed by atoms with Crippen molar-refractivity contribution >= 4 is 17.2 Å². The predicted molar refractivity (Wildman–Crippen MR) is 122 cm³/mol. The van der Waals surface area contributed by atoms with Crippen LogP contribution in [0.25, 0.3) is 16.4 Å². The molecular formula is C23H23F6N5OS. The number of nitrogens with one attached hydrogen (secondary N) is 1. The topological polar surface area (TPSA) is 63.1 Å². The van der Waals surface area contributed by atoms with Crippen LogP contribution in [0.4, 0.5) is 26.3 Å². The van der Waals surface area contributed by atoms with Crippen molar-refractivity contribution in [1.82, 2.24) is 25.0 Å². The second kappa shape index (κ2) is 10.6. The van der Waals surface area contributed by atoms with E-state index in [9.17, 15) is 31.1 Å². The van der Waals surface area contributed by atoms with Crippen LogP contribution in [-0.2, 0) is 12.4 Å². The number of carbonyl (C=O) groups excluding carboxylic acids is 1. The molecule has 1 aliphatic heterocycles. The average molecular weight is 532 g/mol. The van der Waals surface area contributed by atoms with Gasteiger partial charge in [0.05, 0.1) is 23.0 Å². The molecule has 3 heterocycles. The van der Waals surface area contributed by atoms with Gasteiger partial charge in [0.2, 0.25) is 5.13 Å². The second-order valence-corrected chi connectivity index (χ2v) is 9.26. The maximum Gasteiger partial charge on any atom is 0.434 e. The molecule has 1 aliphatic rings. The van der Waals surface area contributed by atoms with Crippen molar-refractivity contribution in [2.24, 2.45) is 0 Å². The molecule has 0 bridgehead atoms. The molecule has 0 spiro atoms. The summed E-state index contributed by atoms with van der Waals surface area (Å²) in [6, 6.07) is 4.34. The molecule has 4 rings (SSSR count). The van der Waals surface area contributed by atoms with Gasteiger partial charge in [0.1, 0.15) is 0 Å². The number of hydrogen-bond donors (Lipinski definition) is 1. The van der Waals surface area contributed by atoms with E-state index in [1.54, 1.807) is 0 Å². The molecule has 36 heavy (non-hydrogen) atoms. The van der Waals surface area contributed by atoms with E-state index < -0.39 is 35.1 Å². The standard InChI is InChI=1S/C23H23F6N5OS/c24-22(25,26)16-7-4-6-15(12-16)18-14-36-21(32-18)34-19(23(27,28)29)17(13-31-34)20(35)30-8-5-11-33-9-2-1-3-10-33/h4,6-7,12-14H,1-3,5,8-11H2,(H,30,35). The van der Waals surface area contributed by atoms with Gasteiger partial charge in [0.15, 0.2) is 5.69 Å². The van der Waals surface area contributed by atoms with Crippen LogP contribution in [0, 0.1) is 0 Å². The highest BCUT2D eigenvalue weighted by Gasteiger charge is 2.41. The summed E-state index contributed by atoms with van der Waals surface area (Å²) < 4.78 is 81.4. The van der Waals surface area contributed by atoms with Crippen molar-refractivity contribution in [2.75, 3.05) is 26.2 Å². The Balaban J connectivity index is 1.51. The lowest BCUT2D eigenvalue weighted by atomic mass is 10.1. The number of halogens is 6. The molecule has 194 valence electrons. The molecule has 1 fully saturated rings. The van der Waals surface area contributed by atoms with Crippen molar-refractivity contribution in [1.29, 1.82) is 0 Å². The fraction of sp³-hybridized carbons (Fsp3) is 0.435. The fourth-order valence-corrected chi connectivity index (χ4v) is 4.86. The lowest BCUT2D eigenvalue weighted by Gasteiger charge is -2.26. The van der Waals surface area contributed by atoms with Gasteiger partial charge in [-0.05, 0) is 51.0 Å². The van der Waals surface area contributed by atoms with E-state index in [1.165, 1.54) is 23.9 Å². The van der Waals surface area contributed by atoms with E-state index in [1.807, 2.05) is 0 Å². The molecule has 0 radical (unpaired) electrons. The van der Waals surface area contributed by atoms with E-state index >= 15 is 0 Å². The van der Waals surface area contributed by atoms with Gasteiger partial charge in [-0.25, -0.2) is 9.67 Å². The van der Waals surface area contributed by atoms with Gasteiger partial charge >= 0.3 is 12.4 Å². The zero-order chi connectivity index (χ0) is 25.9. The van der Waals surface area contributed by atoms with Crippen LogP contribution >= 0.6 is 11.3 Å². The normalized spacial score (nSPS) is 15.3. The number of hydrogen-bond acceptors (Lipinski definition) is 5.